The number of hydrazone groups is 1. The third-order valence-electron chi connectivity index (χ3n) is 3.77. The summed E-state index contributed by atoms with van der Waals surface area (Å²) in [5.41, 5.74) is 5.49. The number of carbonyl (C=O) groups is 1. The Kier molecular flexibility index (Phi) is 3.95. The van der Waals surface area contributed by atoms with Gasteiger partial charge in [0.1, 0.15) is 11.5 Å². The van der Waals surface area contributed by atoms with Crippen LogP contribution in [0.2, 0.25) is 0 Å². The summed E-state index contributed by atoms with van der Waals surface area (Å²) in [6.45, 7) is 0. The summed E-state index contributed by atoms with van der Waals surface area (Å²) in [6.07, 6.45) is 1.53. The molecule has 0 aliphatic carbocycles. The zero-order valence-corrected chi connectivity index (χ0v) is 13.5. The number of hydrogen-bond donors (Lipinski definition) is 3. The number of aromatic amines is 1. The van der Waals surface area contributed by atoms with E-state index in [1.54, 1.807) is 30.3 Å². The summed E-state index contributed by atoms with van der Waals surface area (Å²) >= 11 is 0. The van der Waals surface area contributed by atoms with Crippen molar-refractivity contribution in [2.75, 3.05) is 5.43 Å². The van der Waals surface area contributed by atoms with Crippen LogP contribution in [0.25, 0.3) is 22.4 Å². The Morgan fingerprint density at radius 3 is 2.88 bits per heavy atom. The molecule has 4 aromatic rings. The van der Waals surface area contributed by atoms with Crippen LogP contribution in [0.15, 0.2) is 70.2 Å². The number of nitrogens with one attached hydrogen (secondary N) is 2. The van der Waals surface area contributed by atoms with Crippen molar-refractivity contribution in [1.82, 2.24) is 9.97 Å². The third-order valence-corrected chi connectivity index (χ3v) is 3.77. The molecule has 0 bridgehead atoms. The minimum absolute atomic E-state index is 0.209. The number of hydrogen-bond acceptors (Lipinski definition) is 5. The number of anilines is 1. The molecule has 0 aliphatic rings. The topological polar surface area (TPSA) is 104 Å². The minimum Gasteiger partial charge on any atom is -0.478 e. The van der Waals surface area contributed by atoms with Gasteiger partial charge in [-0.05, 0) is 36.4 Å². The number of nitrogens with zero attached hydrogens (tertiary/aromatic N) is 2. The maximum atomic E-state index is 11.1. The maximum absolute atomic E-state index is 11.1. The zero-order valence-electron chi connectivity index (χ0n) is 13.5. The zero-order chi connectivity index (χ0) is 17.9. The maximum Gasteiger partial charge on any atom is 0.335 e. The summed E-state index contributed by atoms with van der Waals surface area (Å²) in [6, 6.07) is 17.8. The normalized spacial score (nSPS) is 11.2. The molecular formula is C19H14N4O3. The number of aromatic nitrogens is 2. The molecule has 0 radical (unpaired) electrons. The average Bonchev–Trinajstić information content (AvgIpc) is 3.28. The number of benzene rings is 2. The Hall–Kier alpha value is -3.87. The number of para-hydroxylation sites is 2. The highest BCUT2D eigenvalue weighted by Crippen LogP contribution is 2.22. The number of imidazole rings is 1. The molecule has 0 fully saturated rings. The molecule has 128 valence electrons. The first-order valence-corrected chi connectivity index (χ1v) is 7.86. The van der Waals surface area contributed by atoms with Crippen LogP contribution < -0.4 is 5.43 Å². The average molecular weight is 346 g/mol. The first-order chi connectivity index (χ1) is 12.7. The lowest BCUT2D eigenvalue weighted by atomic mass is 10.1. The number of fused-ring (bicyclic) bond motifs is 1. The molecule has 0 amide bonds. The Balaban J connectivity index is 1.48. The fourth-order valence-corrected chi connectivity index (χ4v) is 2.55. The van der Waals surface area contributed by atoms with Gasteiger partial charge in [-0.2, -0.15) is 5.10 Å². The highest BCUT2D eigenvalue weighted by molar-refractivity contribution is 5.89. The van der Waals surface area contributed by atoms with Gasteiger partial charge in [-0.3, -0.25) is 0 Å². The molecule has 7 nitrogen and oxygen atoms in total. The van der Waals surface area contributed by atoms with Gasteiger partial charge in [-0.25, -0.2) is 15.2 Å². The SMILES string of the molecule is O=C(O)c1cccc(-c2ccc(C=NNc3nc4ccccc4[nH]3)o2)c1. The van der Waals surface area contributed by atoms with Crippen molar-refractivity contribution in [3.8, 4) is 11.3 Å². The van der Waals surface area contributed by atoms with Crippen LogP contribution in [0.3, 0.4) is 0 Å². The molecule has 4 rings (SSSR count). The van der Waals surface area contributed by atoms with E-state index in [1.807, 2.05) is 24.3 Å². The van der Waals surface area contributed by atoms with Gasteiger partial charge < -0.3 is 14.5 Å². The van der Waals surface area contributed by atoms with Crippen LogP contribution in [-0.4, -0.2) is 27.3 Å². The largest absolute Gasteiger partial charge is 0.478 e. The van der Waals surface area contributed by atoms with Crippen molar-refractivity contribution in [1.29, 1.82) is 0 Å². The molecule has 7 heteroatoms. The molecule has 3 N–H and O–H groups in total. The lowest BCUT2D eigenvalue weighted by Gasteiger charge is -1.99. The Morgan fingerprint density at radius 1 is 1.15 bits per heavy atom. The molecular weight excluding hydrogens is 332 g/mol. The second-order valence-electron chi connectivity index (χ2n) is 5.56. The Morgan fingerprint density at radius 2 is 2.04 bits per heavy atom. The number of furan rings is 1. The van der Waals surface area contributed by atoms with Crippen LogP contribution >= 0.6 is 0 Å². The fourth-order valence-electron chi connectivity index (χ4n) is 2.55. The highest BCUT2D eigenvalue weighted by atomic mass is 16.4. The van der Waals surface area contributed by atoms with Gasteiger partial charge in [0.25, 0.3) is 0 Å². The Labute approximate surface area is 148 Å². The van der Waals surface area contributed by atoms with Gasteiger partial charge in [0.15, 0.2) is 0 Å². The molecule has 0 saturated carbocycles. The van der Waals surface area contributed by atoms with Crippen molar-refractivity contribution < 1.29 is 14.3 Å². The number of carboxylic acid groups (broad SMARTS) is 1. The molecule has 26 heavy (non-hydrogen) atoms. The standard InChI is InChI=1S/C19H14N4O3/c24-18(25)13-5-3-4-12(10-13)17-9-8-14(26-17)11-20-23-19-21-15-6-1-2-7-16(15)22-19/h1-11H,(H,24,25)(H2,21,22,23). The van der Waals surface area contributed by atoms with E-state index in [9.17, 15) is 4.79 Å². The van der Waals surface area contributed by atoms with Gasteiger partial charge in [-0.15, -0.1) is 0 Å². The molecule has 0 atom stereocenters. The van der Waals surface area contributed by atoms with Crippen molar-refractivity contribution >= 4 is 29.2 Å². The molecule has 0 unspecified atom stereocenters. The molecule has 0 saturated heterocycles. The van der Waals surface area contributed by atoms with Crippen molar-refractivity contribution in [3.63, 3.8) is 0 Å². The Bertz CT molecular complexity index is 1080. The quantitative estimate of drug-likeness (QED) is 0.375. The number of rotatable bonds is 5. The second-order valence-corrected chi connectivity index (χ2v) is 5.56. The van der Waals surface area contributed by atoms with E-state index in [0.29, 0.717) is 23.0 Å². The first kappa shape index (κ1) is 15.6. The van der Waals surface area contributed by atoms with E-state index < -0.39 is 5.97 Å². The lowest BCUT2D eigenvalue weighted by Crippen LogP contribution is -1.95. The van der Waals surface area contributed by atoms with Gasteiger partial charge in [0, 0.05) is 5.56 Å². The summed E-state index contributed by atoms with van der Waals surface area (Å²) in [5, 5.41) is 13.2. The van der Waals surface area contributed by atoms with Gasteiger partial charge in [0.2, 0.25) is 5.95 Å². The molecule has 2 aromatic carbocycles. The minimum atomic E-state index is -0.977. The van der Waals surface area contributed by atoms with E-state index in [4.69, 9.17) is 9.52 Å². The molecule has 0 spiro atoms. The van der Waals surface area contributed by atoms with Crippen LogP contribution in [0.5, 0.6) is 0 Å². The van der Waals surface area contributed by atoms with E-state index in [0.717, 1.165) is 11.0 Å². The molecule has 2 aromatic heterocycles. The molecule has 2 heterocycles. The van der Waals surface area contributed by atoms with Crippen LogP contribution in [-0.2, 0) is 0 Å². The predicted octanol–water partition coefficient (Wildman–Crippen LogP) is 3.97. The van der Waals surface area contributed by atoms with Crippen molar-refractivity contribution in [2.24, 2.45) is 5.10 Å². The monoisotopic (exact) mass is 346 g/mol. The van der Waals surface area contributed by atoms with Gasteiger partial charge in [-0.1, -0.05) is 24.3 Å². The van der Waals surface area contributed by atoms with E-state index in [-0.39, 0.29) is 5.56 Å². The number of H-pyrrole nitrogens is 1. The predicted molar refractivity (Wildman–Crippen MR) is 98.4 cm³/mol. The lowest BCUT2D eigenvalue weighted by molar-refractivity contribution is 0.0697. The summed E-state index contributed by atoms with van der Waals surface area (Å²) < 4.78 is 5.69. The summed E-state index contributed by atoms with van der Waals surface area (Å²) in [5.74, 6) is 0.654. The van der Waals surface area contributed by atoms with E-state index in [2.05, 4.69) is 20.5 Å². The van der Waals surface area contributed by atoms with Crippen LogP contribution in [0.1, 0.15) is 16.1 Å². The number of carboxylic acids is 1. The van der Waals surface area contributed by atoms with Gasteiger partial charge in [0.05, 0.1) is 22.8 Å². The second kappa shape index (κ2) is 6.56. The van der Waals surface area contributed by atoms with Crippen molar-refractivity contribution in [2.45, 2.75) is 0 Å². The van der Waals surface area contributed by atoms with Crippen LogP contribution in [0, 0.1) is 0 Å². The van der Waals surface area contributed by atoms with E-state index >= 15 is 0 Å². The third kappa shape index (κ3) is 3.18. The first-order valence-electron chi connectivity index (χ1n) is 7.86. The fraction of sp³-hybridized carbons (Fsp3) is 0. The van der Waals surface area contributed by atoms with Crippen LogP contribution in [0.4, 0.5) is 5.95 Å². The highest BCUT2D eigenvalue weighted by Gasteiger charge is 2.08. The van der Waals surface area contributed by atoms with Crippen molar-refractivity contribution in [3.05, 3.63) is 72.0 Å². The smallest absolute Gasteiger partial charge is 0.335 e. The van der Waals surface area contributed by atoms with E-state index in [1.165, 1.54) is 12.3 Å². The summed E-state index contributed by atoms with van der Waals surface area (Å²) in [4.78, 5) is 18.5. The summed E-state index contributed by atoms with van der Waals surface area (Å²) in [7, 11) is 0. The number of aromatic carboxylic acids is 1. The van der Waals surface area contributed by atoms with Gasteiger partial charge >= 0.3 is 5.97 Å². The molecule has 0 aliphatic heterocycles.